The van der Waals surface area contributed by atoms with Crippen molar-refractivity contribution in [3.8, 4) is 0 Å². The molecular weight excluding hydrogens is 460 g/mol. The first-order valence-corrected chi connectivity index (χ1v) is 12.2. The van der Waals surface area contributed by atoms with Gasteiger partial charge < -0.3 is 10.2 Å². The Morgan fingerprint density at radius 3 is 2.23 bits per heavy atom. The van der Waals surface area contributed by atoms with Crippen LogP contribution in [-0.2, 0) is 4.79 Å². The molecule has 0 bridgehead atoms. The Labute approximate surface area is 211 Å². The SMILES string of the molecule is CCN(CC)c1ccc(/C=[N+]2\NC(=O)[C@H](NC(=O)c3ccc(Cl)cc3)[C@@H]2c2ccc(C)cc2)cc1. The molecule has 1 heterocycles. The molecule has 6 nitrogen and oxygen atoms in total. The summed E-state index contributed by atoms with van der Waals surface area (Å²) in [5.74, 6) is -0.599. The van der Waals surface area contributed by atoms with Gasteiger partial charge in [0.05, 0.1) is 0 Å². The van der Waals surface area contributed by atoms with Crippen LogP contribution in [0.4, 0.5) is 5.69 Å². The lowest BCUT2D eigenvalue weighted by Crippen LogP contribution is -2.42. The number of benzene rings is 3. The molecule has 1 saturated heterocycles. The summed E-state index contributed by atoms with van der Waals surface area (Å²) >= 11 is 5.96. The van der Waals surface area contributed by atoms with Crippen LogP contribution < -0.4 is 15.6 Å². The molecule has 0 unspecified atom stereocenters. The maximum atomic E-state index is 13.1. The Bertz CT molecular complexity index is 1220. The standard InChI is InChI=1S/C28H29ClN4O2/c1-4-32(5-2)24-16-8-20(9-17-24)18-33-26(21-10-6-19(3)7-11-21)25(28(35)31-33)30-27(34)22-12-14-23(29)15-13-22/h6-18,25-26H,4-5H2,1-3H3,(H-,30,31,34,35)/p+1/t25-,26+/m1/s1. The lowest BCUT2D eigenvalue weighted by Gasteiger charge is -2.20. The number of carbonyl (C=O) groups excluding carboxylic acids is 2. The second-order valence-corrected chi connectivity index (χ2v) is 9.03. The summed E-state index contributed by atoms with van der Waals surface area (Å²) < 4.78 is 1.78. The van der Waals surface area contributed by atoms with Crippen LogP contribution >= 0.6 is 11.6 Å². The second-order valence-electron chi connectivity index (χ2n) is 8.59. The van der Waals surface area contributed by atoms with E-state index in [4.69, 9.17) is 11.6 Å². The Balaban J connectivity index is 1.66. The molecule has 0 saturated carbocycles. The van der Waals surface area contributed by atoms with E-state index < -0.39 is 12.1 Å². The van der Waals surface area contributed by atoms with Gasteiger partial charge in [-0.3, -0.25) is 9.59 Å². The van der Waals surface area contributed by atoms with E-state index in [0.717, 1.165) is 35.5 Å². The first-order valence-electron chi connectivity index (χ1n) is 11.8. The lowest BCUT2D eigenvalue weighted by atomic mass is 9.98. The highest BCUT2D eigenvalue weighted by Gasteiger charge is 2.47. The number of hydrazine groups is 1. The Kier molecular flexibility index (Phi) is 7.51. The van der Waals surface area contributed by atoms with E-state index in [-0.39, 0.29) is 11.8 Å². The summed E-state index contributed by atoms with van der Waals surface area (Å²) in [7, 11) is 0. The molecule has 1 aliphatic heterocycles. The van der Waals surface area contributed by atoms with Crippen molar-refractivity contribution in [2.75, 3.05) is 18.0 Å². The number of rotatable bonds is 7. The molecule has 2 amide bonds. The predicted octanol–water partition coefficient (Wildman–Crippen LogP) is 4.51. The van der Waals surface area contributed by atoms with Gasteiger partial charge in [0.15, 0.2) is 6.04 Å². The minimum absolute atomic E-state index is 0.270. The van der Waals surface area contributed by atoms with Gasteiger partial charge in [-0.25, -0.2) is 0 Å². The van der Waals surface area contributed by atoms with Crippen LogP contribution in [0.3, 0.4) is 0 Å². The Morgan fingerprint density at radius 1 is 1.00 bits per heavy atom. The number of hydrazone groups is 1. The van der Waals surface area contributed by atoms with E-state index in [0.29, 0.717) is 10.6 Å². The van der Waals surface area contributed by atoms with E-state index in [9.17, 15) is 9.59 Å². The fourth-order valence-corrected chi connectivity index (χ4v) is 4.42. The summed E-state index contributed by atoms with van der Waals surface area (Å²) in [5, 5.41) is 3.47. The fraction of sp³-hybridized carbons (Fsp3) is 0.250. The monoisotopic (exact) mass is 489 g/mol. The zero-order chi connectivity index (χ0) is 24.9. The largest absolute Gasteiger partial charge is 0.372 e. The Hall–Kier alpha value is -3.64. The maximum Gasteiger partial charge on any atom is 0.304 e. The molecule has 0 aromatic heterocycles. The van der Waals surface area contributed by atoms with E-state index in [1.165, 1.54) is 0 Å². The van der Waals surface area contributed by atoms with E-state index >= 15 is 0 Å². The van der Waals surface area contributed by atoms with Crippen LogP contribution in [0, 0.1) is 6.92 Å². The number of hydrogen-bond acceptors (Lipinski definition) is 3. The molecule has 3 aromatic rings. The van der Waals surface area contributed by atoms with Crippen LogP contribution in [0.5, 0.6) is 0 Å². The van der Waals surface area contributed by atoms with Crippen molar-refractivity contribution in [1.29, 1.82) is 0 Å². The summed E-state index contributed by atoms with van der Waals surface area (Å²) in [6.07, 6.45) is 1.91. The molecule has 4 rings (SSSR count). The quantitative estimate of drug-likeness (QED) is 0.480. The highest BCUT2D eigenvalue weighted by atomic mass is 35.5. The fourth-order valence-electron chi connectivity index (χ4n) is 4.29. The highest BCUT2D eigenvalue weighted by molar-refractivity contribution is 6.30. The molecule has 3 aromatic carbocycles. The third-order valence-corrected chi connectivity index (χ3v) is 6.51. The summed E-state index contributed by atoms with van der Waals surface area (Å²) in [6.45, 7) is 8.16. The number of nitrogens with one attached hydrogen (secondary N) is 2. The topological polar surface area (TPSA) is 64.5 Å². The van der Waals surface area contributed by atoms with E-state index in [1.807, 2.05) is 49.5 Å². The number of aryl methyl sites for hydroxylation is 1. The highest BCUT2D eigenvalue weighted by Crippen LogP contribution is 2.26. The molecule has 1 fully saturated rings. The number of carbonyl (C=O) groups is 2. The first-order chi connectivity index (χ1) is 16.9. The van der Waals surface area contributed by atoms with Gasteiger partial charge in [-0.15, -0.1) is 10.1 Å². The van der Waals surface area contributed by atoms with Gasteiger partial charge in [0.1, 0.15) is 0 Å². The number of halogens is 1. The van der Waals surface area contributed by atoms with Crippen LogP contribution in [0.2, 0.25) is 5.02 Å². The summed E-state index contributed by atoms with van der Waals surface area (Å²) in [4.78, 5) is 28.3. The molecule has 180 valence electrons. The normalized spacial score (nSPS) is 18.4. The van der Waals surface area contributed by atoms with Crippen molar-refractivity contribution in [2.45, 2.75) is 32.9 Å². The lowest BCUT2D eigenvalue weighted by molar-refractivity contribution is -0.596. The van der Waals surface area contributed by atoms with Gasteiger partial charge in [0, 0.05) is 40.5 Å². The van der Waals surface area contributed by atoms with Gasteiger partial charge in [-0.05, 0) is 69.3 Å². The van der Waals surface area contributed by atoms with Crippen molar-refractivity contribution >= 4 is 35.3 Å². The second kappa shape index (κ2) is 10.7. The van der Waals surface area contributed by atoms with Gasteiger partial charge in [-0.1, -0.05) is 41.4 Å². The number of amides is 2. The predicted molar refractivity (Wildman–Crippen MR) is 140 cm³/mol. The van der Waals surface area contributed by atoms with E-state index in [2.05, 4.69) is 41.6 Å². The minimum atomic E-state index is -0.771. The number of nitrogens with zero attached hydrogens (tertiary/aromatic N) is 2. The average Bonchev–Trinajstić information content (AvgIpc) is 3.16. The molecule has 35 heavy (non-hydrogen) atoms. The Morgan fingerprint density at radius 2 is 1.63 bits per heavy atom. The first kappa shape index (κ1) is 24.5. The maximum absolute atomic E-state index is 13.1. The molecule has 1 aliphatic rings. The zero-order valence-corrected chi connectivity index (χ0v) is 20.9. The van der Waals surface area contributed by atoms with Gasteiger partial charge in [0.2, 0.25) is 12.3 Å². The third-order valence-electron chi connectivity index (χ3n) is 6.26. The van der Waals surface area contributed by atoms with Gasteiger partial charge >= 0.3 is 5.91 Å². The molecule has 0 spiro atoms. The molecule has 2 N–H and O–H groups in total. The average molecular weight is 490 g/mol. The molecule has 0 aliphatic carbocycles. The van der Waals surface area contributed by atoms with Crippen molar-refractivity contribution in [3.63, 3.8) is 0 Å². The van der Waals surface area contributed by atoms with Crippen molar-refractivity contribution < 1.29 is 14.3 Å². The third kappa shape index (κ3) is 5.54. The smallest absolute Gasteiger partial charge is 0.304 e. The zero-order valence-electron chi connectivity index (χ0n) is 20.2. The van der Waals surface area contributed by atoms with Crippen LogP contribution in [-0.4, -0.2) is 41.8 Å². The van der Waals surface area contributed by atoms with Gasteiger partial charge in [-0.2, -0.15) is 0 Å². The number of anilines is 1. The van der Waals surface area contributed by atoms with E-state index in [1.54, 1.807) is 28.9 Å². The molecular formula is C28H30ClN4O2+. The van der Waals surface area contributed by atoms with Crippen LogP contribution in [0.25, 0.3) is 0 Å². The van der Waals surface area contributed by atoms with Crippen LogP contribution in [0.15, 0.2) is 72.8 Å². The molecule has 2 atom stereocenters. The van der Waals surface area contributed by atoms with Crippen molar-refractivity contribution in [1.82, 2.24) is 10.7 Å². The van der Waals surface area contributed by atoms with Gasteiger partial charge in [0.25, 0.3) is 5.91 Å². The van der Waals surface area contributed by atoms with Crippen molar-refractivity contribution in [2.24, 2.45) is 0 Å². The summed E-state index contributed by atoms with van der Waals surface area (Å²) in [5.41, 5.74) is 7.52. The van der Waals surface area contributed by atoms with Crippen LogP contribution in [0.1, 0.15) is 46.9 Å². The minimum Gasteiger partial charge on any atom is -0.372 e. The summed E-state index contributed by atoms with van der Waals surface area (Å²) in [6, 6.07) is 21.6. The van der Waals surface area contributed by atoms with Crippen molar-refractivity contribution in [3.05, 3.63) is 100 Å². The molecule has 7 heteroatoms. The number of hydrogen-bond donors (Lipinski definition) is 2. The molecule has 0 radical (unpaired) electrons.